The lowest BCUT2D eigenvalue weighted by atomic mass is 10.1. The van der Waals surface area contributed by atoms with Crippen molar-refractivity contribution in [2.75, 3.05) is 29.5 Å². The highest BCUT2D eigenvalue weighted by atomic mass is 32.2. The Balaban J connectivity index is 1.41. The first-order chi connectivity index (χ1) is 20.3. The minimum atomic E-state index is -3.23. The maximum absolute atomic E-state index is 15.0. The van der Waals surface area contributed by atoms with E-state index in [0.717, 1.165) is 16.7 Å². The predicted octanol–water partition coefficient (Wildman–Crippen LogP) is 0.337. The van der Waals surface area contributed by atoms with E-state index in [0.29, 0.717) is 11.3 Å². The van der Waals surface area contributed by atoms with Gasteiger partial charge in [0.25, 0.3) is 11.5 Å². The fourth-order valence-electron chi connectivity index (χ4n) is 5.01. The van der Waals surface area contributed by atoms with Gasteiger partial charge in [-0.1, -0.05) is 0 Å². The molecule has 1 aromatic carbocycles. The van der Waals surface area contributed by atoms with Crippen molar-refractivity contribution < 1.29 is 31.9 Å². The van der Waals surface area contributed by atoms with E-state index >= 15 is 0 Å². The number of nitrogens with zero attached hydrogens (tertiary/aromatic N) is 5. The van der Waals surface area contributed by atoms with Gasteiger partial charge in [0.2, 0.25) is 0 Å². The summed E-state index contributed by atoms with van der Waals surface area (Å²) in [6.07, 6.45) is 4.00. The van der Waals surface area contributed by atoms with Crippen molar-refractivity contribution in [1.29, 1.82) is 0 Å². The average molecular weight is 617 g/mol. The molecule has 0 radical (unpaired) electrons. The second-order valence-corrected chi connectivity index (χ2v) is 12.5. The molecule has 1 fully saturated rings. The number of hydrogen-bond donors (Lipinski definition) is 2. The van der Waals surface area contributed by atoms with Crippen LogP contribution in [-0.2, 0) is 35.1 Å². The fraction of sp³-hybridized carbons (Fsp3) is 0.296. The Morgan fingerprint density at radius 1 is 1.07 bits per heavy atom. The SMILES string of the molecule is Cn1cc(-c2ccc(C[C@H](NC(=O)c3c(F)cc(N4CCS(=O)(=O)CC4)cc3F)C(=O)O)n3ccnc23)c(=O)n(C)c1=O. The molecule has 5 rings (SSSR count). The van der Waals surface area contributed by atoms with E-state index in [1.165, 1.54) is 58.7 Å². The number of nitrogens with one attached hydrogen (secondary N) is 1. The molecule has 1 atom stereocenters. The summed E-state index contributed by atoms with van der Waals surface area (Å²) in [5, 5.41) is 12.0. The number of carboxylic acids is 1. The van der Waals surface area contributed by atoms with E-state index in [1.807, 2.05) is 0 Å². The maximum atomic E-state index is 15.0. The van der Waals surface area contributed by atoms with Gasteiger partial charge in [-0.2, -0.15) is 0 Å². The first kappa shape index (κ1) is 29.6. The van der Waals surface area contributed by atoms with Crippen LogP contribution in [0.4, 0.5) is 14.5 Å². The van der Waals surface area contributed by atoms with Gasteiger partial charge in [-0.15, -0.1) is 0 Å². The normalized spacial score (nSPS) is 15.4. The van der Waals surface area contributed by atoms with Crippen LogP contribution in [0.15, 0.2) is 52.4 Å². The molecule has 1 amide bonds. The summed E-state index contributed by atoms with van der Waals surface area (Å²) in [6.45, 7) is 0.0681. The summed E-state index contributed by atoms with van der Waals surface area (Å²) in [4.78, 5) is 55.7. The highest BCUT2D eigenvalue weighted by molar-refractivity contribution is 7.91. The maximum Gasteiger partial charge on any atom is 0.330 e. The number of rotatable bonds is 7. The molecular formula is C27H26F2N6O7S. The van der Waals surface area contributed by atoms with Crippen molar-refractivity contribution >= 4 is 33.0 Å². The van der Waals surface area contributed by atoms with Crippen LogP contribution in [0.1, 0.15) is 16.1 Å². The van der Waals surface area contributed by atoms with Crippen molar-refractivity contribution in [2.45, 2.75) is 12.5 Å². The lowest BCUT2D eigenvalue weighted by Gasteiger charge is -2.29. The minimum absolute atomic E-state index is 0.0341. The number of aliphatic carboxylic acids is 1. The number of imidazole rings is 1. The van der Waals surface area contributed by atoms with Gasteiger partial charge >= 0.3 is 11.7 Å². The van der Waals surface area contributed by atoms with Gasteiger partial charge in [0.05, 0.1) is 17.1 Å². The largest absolute Gasteiger partial charge is 0.480 e. The Morgan fingerprint density at radius 2 is 1.72 bits per heavy atom. The number of benzene rings is 1. The number of carboxylic acid groups (broad SMARTS) is 1. The van der Waals surface area contributed by atoms with Crippen molar-refractivity contribution in [2.24, 2.45) is 14.1 Å². The first-order valence-corrected chi connectivity index (χ1v) is 14.8. The number of sulfone groups is 1. The van der Waals surface area contributed by atoms with E-state index < -0.39 is 56.2 Å². The summed E-state index contributed by atoms with van der Waals surface area (Å²) in [5.74, 6) is -5.57. The van der Waals surface area contributed by atoms with Gasteiger partial charge in [0, 0.05) is 69.1 Å². The summed E-state index contributed by atoms with van der Waals surface area (Å²) >= 11 is 0. The molecule has 43 heavy (non-hydrogen) atoms. The molecule has 0 saturated carbocycles. The Bertz CT molecular complexity index is 1980. The van der Waals surface area contributed by atoms with Gasteiger partial charge in [0.15, 0.2) is 9.84 Å². The van der Waals surface area contributed by atoms with Crippen LogP contribution in [0.5, 0.6) is 0 Å². The summed E-state index contributed by atoms with van der Waals surface area (Å²) in [7, 11) is -0.402. The molecule has 0 spiro atoms. The van der Waals surface area contributed by atoms with Crippen LogP contribution >= 0.6 is 0 Å². The molecular weight excluding hydrogens is 590 g/mol. The second-order valence-electron chi connectivity index (χ2n) is 10.2. The molecule has 0 bridgehead atoms. The fourth-order valence-corrected chi connectivity index (χ4v) is 6.21. The predicted molar refractivity (Wildman–Crippen MR) is 151 cm³/mol. The third-order valence-corrected chi connectivity index (χ3v) is 8.96. The Labute approximate surface area is 242 Å². The smallest absolute Gasteiger partial charge is 0.330 e. The minimum Gasteiger partial charge on any atom is -0.480 e. The highest BCUT2D eigenvalue weighted by Crippen LogP contribution is 2.25. The third kappa shape index (κ3) is 5.64. The van der Waals surface area contributed by atoms with Gasteiger partial charge in [-0.05, 0) is 24.3 Å². The topological polar surface area (TPSA) is 165 Å². The van der Waals surface area contributed by atoms with Crippen LogP contribution in [0.25, 0.3) is 16.8 Å². The van der Waals surface area contributed by atoms with Crippen molar-refractivity contribution in [3.63, 3.8) is 0 Å². The summed E-state index contributed by atoms with van der Waals surface area (Å²) in [6, 6.07) is 3.25. The Morgan fingerprint density at radius 3 is 2.35 bits per heavy atom. The third-order valence-electron chi connectivity index (χ3n) is 7.35. The number of carbonyl (C=O) groups excluding carboxylic acids is 1. The lowest BCUT2D eigenvalue weighted by molar-refractivity contribution is -0.139. The number of hydrogen-bond acceptors (Lipinski definition) is 8. The molecule has 226 valence electrons. The van der Waals surface area contributed by atoms with E-state index in [4.69, 9.17) is 0 Å². The first-order valence-electron chi connectivity index (χ1n) is 13.0. The average Bonchev–Trinajstić information content (AvgIpc) is 3.44. The molecule has 0 aliphatic carbocycles. The van der Waals surface area contributed by atoms with Gasteiger partial charge in [0.1, 0.15) is 28.9 Å². The number of aromatic nitrogens is 4. The van der Waals surface area contributed by atoms with Gasteiger partial charge < -0.3 is 24.3 Å². The van der Waals surface area contributed by atoms with Gasteiger partial charge in [-0.25, -0.2) is 31.8 Å². The van der Waals surface area contributed by atoms with Crippen molar-refractivity contribution in [3.05, 3.63) is 86.6 Å². The molecule has 4 heterocycles. The van der Waals surface area contributed by atoms with Crippen molar-refractivity contribution in [1.82, 2.24) is 23.8 Å². The molecule has 4 aromatic rings. The van der Waals surface area contributed by atoms with Gasteiger partial charge in [-0.3, -0.25) is 14.2 Å². The van der Waals surface area contributed by atoms with E-state index in [-0.39, 0.29) is 47.9 Å². The highest BCUT2D eigenvalue weighted by Gasteiger charge is 2.28. The lowest BCUT2D eigenvalue weighted by Crippen LogP contribution is -2.43. The zero-order valence-corrected chi connectivity index (χ0v) is 23.8. The number of anilines is 1. The van der Waals surface area contributed by atoms with E-state index in [9.17, 15) is 41.5 Å². The number of halogens is 2. The summed E-state index contributed by atoms with van der Waals surface area (Å²) < 4.78 is 57.0. The molecule has 1 saturated heterocycles. The Kier molecular flexibility index (Phi) is 7.64. The number of aryl methyl sites for hydroxylation is 1. The van der Waals surface area contributed by atoms with Crippen molar-refractivity contribution in [3.8, 4) is 11.1 Å². The summed E-state index contributed by atoms with van der Waals surface area (Å²) in [5.41, 5.74) is -0.817. The second kappa shape index (κ2) is 11.1. The molecule has 13 nitrogen and oxygen atoms in total. The van der Waals surface area contributed by atoms with Crippen LogP contribution in [0.2, 0.25) is 0 Å². The van der Waals surface area contributed by atoms with E-state index in [2.05, 4.69) is 10.3 Å². The molecule has 1 aliphatic rings. The standard InChI is InChI=1S/C27H26F2N6O7S/c1-32-14-18(25(37)33(2)27(32)40)17-4-3-15(35-6-5-30-23(17)35)13-21(26(38)39)31-24(36)22-19(28)11-16(12-20(22)29)34-7-9-43(41,42)10-8-34/h3-6,11-12,14,21H,7-10,13H2,1-2H3,(H,31,36)(H,38,39)/t21-/m0/s1. The monoisotopic (exact) mass is 616 g/mol. The molecule has 3 aromatic heterocycles. The van der Waals surface area contributed by atoms with Crippen LogP contribution in [0, 0.1) is 11.6 Å². The zero-order valence-electron chi connectivity index (χ0n) is 23.0. The Hall–Kier alpha value is -4.86. The van der Waals surface area contributed by atoms with Crippen LogP contribution in [0.3, 0.4) is 0 Å². The zero-order chi connectivity index (χ0) is 31.2. The van der Waals surface area contributed by atoms with Crippen LogP contribution in [-0.4, -0.2) is 74.6 Å². The molecule has 2 N–H and O–H groups in total. The van der Waals surface area contributed by atoms with E-state index in [1.54, 1.807) is 0 Å². The number of carbonyl (C=O) groups is 2. The molecule has 1 aliphatic heterocycles. The number of fused-ring (bicyclic) bond motifs is 1. The quantitative estimate of drug-likeness (QED) is 0.298. The molecule has 16 heteroatoms. The number of amides is 1. The number of pyridine rings is 1. The van der Waals surface area contributed by atoms with Crippen LogP contribution < -0.4 is 21.5 Å². The molecule has 0 unspecified atom stereocenters.